The van der Waals surface area contributed by atoms with Gasteiger partial charge in [0, 0.05) is 11.8 Å². The summed E-state index contributed by atoms with van der Waals surface area (Å²) in [5.74, 6) is -0.836. The highest BCUT2D eigenvalue weighted by atomic mass is 16.4. The van der Waals surface area contributed by atoms with Crippen molar-refractivity contribution in [3.63, 3.8) is 0 Å². The van der Waals surface area contributed by atoms with E-state index in [1.165, 1.54) is 16.9 Å². The van der Waals surface area contributed by atoms with Crippen molar-refractivity contribution in [2.75, 3.05) is 0 Å². The fourth-order valence-electron chi connectivity index (χ4n) is 1.61. The van der Waals surface area contributed by atoms with Crippen molar-refractivity contribution in [2.45, 2.75) is 20.3 Å². The van der Waals surface area contributed by atoms with E-state index in [9.17, 15) is 9.59 Å². The van der Waals surface area contributed by atoms with E-state index in [-0.39, 0.29) is 17.1 Å². The zero-order valence-corrected chi connectivity index (χ0v) is 9.97. The number of H-pyrrole nitrogens is 1. The molecule has 7 heteroatoms. The SMILES string of the molecule is CCc1cc(=O)[nH]c(-n2ncc(C(=O)O)c2C)n1. The molecule has 94 valence electrons. The van der Waals surface area contributed by atoms with Gasteiger partial charge in [0.05, 0.1) is 11.9 Å². The molecule has 2 rings (SSSR count). The van der Waals surface area contributed by atoms with Gasteiger partial charge in [0.1, 0.15) is 5.56 Å². The molecular formula is C11H12N4O3. The van der Waals surface area contributed by atoms with Gasteiger partial charge in [-0.3, -0.25) is 9.78 Å². The van der Waals surface area contributed by atoms with E-state index in [4.69, 9.17) is 5.11 Å². The summed E-state index contributed by atoms with van der Waals surface area (Å²) in [7, 11) is 0. The number of rotatable bonds is 3. The zero-order valence-electron chi connectivity index (χ0n) is 9.97. The van der Waals surface area contributed by atoms with Crippen LogP contribution in [0.15, 0.2) is 17.1 Å². The molecule has 2 aromatic rings. The van der Waals surface area contributed by atoms with Crippen LogP contribution < -0.4 is 5.56 Å². The lowest BCUT2D eigenvalue weighted by Gasteiger charge is -2.04. The van der Waals surface area contributed by atoms with Crippen molar-refractivity contribution < 1.29 is 9.90 Å². The summed E-state index contributed by atoms with van der Waals surface area (Å²) in [4.78, 5) is 29.1. The van der Waals surface area contributed by atoms with Gasteiger partial charge in [-0.25, -0.2) is 14.5 Å². The smallest absolute Gasteiger partial charge is 0.339 e. The molecule has 0 unspecified atom stereocenters. The zero-order chi connectivity index (χ0) is 13.3. The lowest BCUT2D eigenvalue weighted by atomic mass is 10.3. The lowest BCUT2D eigenvalue weighted by molar-refractivity contribution is 0.0696. The number of hydrogen-bond donors (Lipinski definition) is 2. The van der Waals surface area contributed by atoms with Crippen LogP contribution in [0.2, 0.25) is 0 Å². The number of carboxylic acid groups (broad SMARTS) is 1. The lowest BCUT2D eigenvalue weighted by Crippen LogP contribution is -2.16. The van der Waals surface area contributed by atoms with E-state index in [0.717, 1.165) is 0 Å². The molecule has 0 aromatic carbocycles. The Hall–Kier alpha value is -2.44. The van der Waals surface area contributed by atoms with Crippen LogP contribution in [-0.4, -0.2) is 30.8 Å². The number of aromatic carboxylic acids is 1. The predicted molar refractivity (Wildman–Crippen MR) is 63.1 cm³/mol. The molecule has 0 aliphatic carbocycles. The normalized spacial score (nSPS) is 10.6. The topological polar surface area (TPSA) is 101 Å². The van der Waals surface area contributed by atoms with Gasteiger partial charge >= 0.3 is 5.97 Å². The van der Waals surface area contributed by atoms with Gasteiger partial charge in [0.15, 0.2) is 0 Å². The fourth-order valence-corrected chi connectivity index (χ4v) is 1.61. The minimum atomic E-state index is -1.06. The third-order valence-electron chi connectivity index (χ3n) is 2.59. The minimum Gasteiger partial charge on any atom is -0.478 e. The molecule has 2 N–H and O–H groups in total. The Balaban J connectivity index is 2.59. The second-order valence-electron chi connectivity index (χ2n) is 3.77. The Morgan fingerprint density at radius 3 is 2.83 bits per heavy atom. The molecule has 0 saturated carbocycles. The van der Waals surface area contributed by atoms with Crippen molar-refractivity contribution in [1.82, 2.24) is 19.7 Å². The minimum absolute atomic E-state index is 0.0829. The van der Waals surface area contributed by atoms with Crippen molar-refractivity contribution in [1.29, 1.82) is 0 Å². The molecular weight excluding hydrogens is 236 g/mol. The first-order valence-corrected chi connectivity index (χ1v) is 5.41. The van der Waals surface area contributed by atoms with Gasteiger partial charge in [0.25, 0.3) is 5.56 Å². The summed E-state index contributed by atoms with van der Waals surface area (Å²) in [5.41, 5.74) is 0.836. The molecule has 0 amide bonds. The number of carboxylic acids is 1. The fraction of sp³-hybridized carbons (Fsp3) is 0.273. The maximum atomic E-state index is 11.4. The van der Waals surface area contributed by atoms with Gasteiger partial charge < -0.3 is 5.11 Å². The quantitative estimate of drug-likeness (QED) is 0.824. The molecule has 7 nitrogen and oxygen atoms in total. The molecule has 0 fully saturated rings. The molecule has 0 radical (unpaired) electrons. The number of aryl methyl sites for hydroxylation is 1. The Bertz CT molecular complexity index is 657. The molecule has 2 heterocycles. The number of aromatic nitrogens is 4. The number of nitrogens with one attached hydrogen (secondary N) is 1. The van der Waals surface area contributed by atoms with Gasteiger partial charge in [-0.15, -0.1) is 0 Å². The monoisotopic (exact) mass is 248 g/mol. The summed E-state index contributed by atoms with van der Waals surface area (Å²) < 4.78 is 1.31. The van der Waals surface area contributed by atoms with Crippen LogP contribution in [0.1, 0.15) is 28.7 Å². The Labute approximate surface area is 102 Å². The molecule has 18 heavy (non-hydrogen) atoms. The highest BCUT2D eigenvalue weighted by Crippen LogP contribution is 2.10. The largest absolute Gasteiger partial charge is 0.478 e. The average molecular weight is 248 g/mol. The van der Waals surface area contributed by atoms with Crippen LogP contribution in [0.4, 0.5) is 0 Å². The van der Waals surface area contributed by atoms with E-state index in [0.29, 0.717) is 17.8 Å². The summed E-state index contributed by atoms with van der Waals surface area (Å²) in [6.07, 6.45) is 1.85. The Kier molecular flexibility index (Phi) is 2.97. The number of carbonyl (C=O) groups is 1. The third kappa shape index (κ3) is 2.02. The van der Waals surface area contributed by atoms with E-state index >= 15 is 0 Å². The van der Waals surface area contributed by atoms with Crippen LogP contribution in [0.3, 0.4) is 0 Å². The van der Waals surface area contributed by atoms with Crippen LogP contribution >= 0.6 is 0 Å². The first-order valence-electron chi connectivity index (χ1n) is 5.41. The molecule has 0 aliphatic rings. The second-order valence-corrected chi connectivity index (χ2v) is 3.77. The summed E-state index contributed by atoms with van der Waals surface area (Å²) in [6.45, 7) is 3.49. The third-order valence-corrected chi connectivity index (χ3v) is 2.59. The molecule has 0 atom stereocenters. The summed E-state index contributed by atoms with van der Waals surface area (Å²) in [5, 5.41) is 12.9. The molecule has 0 aliphatic heterocycles. The van der Waals surface area contributed by atoms with Gasteiger partial charge in [-0.2, -0.15) is 5.10 Å². The van der Waals surface area contributed by atoms with Crippen molar-refractivity contribution in [3.05, 3.63) is 39.6 Å². The van der Waals surface area contributed by atoms with Crippen molar-refractivity contribution in [2.24, 2.45) is 0 Å². The number of nitrogens with zero attached hydrogens (tertiary/aromatic N) is 3. The number of hydrogen-bond acceptors (Lipinski definition) is 4. The average Bonchev–Trinajstić information content (AvgIpc) is 2.70. The van der Waals surface area contributed by atoms with Crippen LogP contribution in [0.5, 0.6) is 0 Å². The standard InChI is InChI=1S/C11H12N4O3/c1-3-7-4-9(16)14-11(13-7)15-6(2)8(5-12-15)10(17)18/h4-5H,3H2,1-2H3,(H,17,18)(H,13,14,16). The summed E-state index contributed by atoms with van der Waals surface area (Å²) >= 11 is 0. The molecule has 0 saturated heterocycles. The maximum absolute atomic E-state index is 11.4. The van der Waals surface area contributed by atoms with Gasteiger partial charge in [-0.05, 0) is 13.3 Å². The highest BCUT2D eigenvalue weighted by Gasteiger charge is 2.15. The Morgan fingerprint density at radius 1 is 1.56 bits per heavy atom. The Morgan fingerprint density at radius 2 is 2.28 bits per heavy atom. The van der Waals surface area contributed by atoms with Crippen LogP contribution in [0.25, 0.3) is 5.95 Å². The van der Waals surface area contributed by atoms with Gasteiger partial charge in [0.2, 0.25) is 5.95 Å². The first kappa shape index (κ1) is 12.0. The highest BCUT2D eigenvalue weighted by molar-refractivity contribution is 5.88. The van der Waals surface area contributed by atoms with Crippen LogP contribution in [-0.2, 0) is 6.42 Å². The van der Waals surface area contributed by atoms with E-state index < -0.39 is 5.97 Å². The van der Waals surface area contributed by atoms with E-state index in [1.54, 1.807) is 6.92 Å². The second kappa shape index (κ2) is 4.44. The first-order chi connectivity index (χ1) is 8.52. The van der Waals surface area contributed by atoms with Crippen molar-refractivity contribution >= 4 is 5.97 Å². The molecule has 0 bridgehead atoms. The van der Waals surface area contributed by atoms with Crippen LogP contribution in [0, 0.1) is 6.92 Å². The number of aromatic amines is 1. The van der Waals surface area contributed by atoms with E-state index in [1.807, 2.05) is 6.92 Å². The van der Waals surface area contributed by atoms with Gasteiger partial charge in [-0.1, -0.05) is 6.92 Å². The maximum Gasteiger partial charge on any atom is 0.339 e. The summed E-state index contributed by atoms with van der Waals surface area (Å²) in [6, 6.07) is 1.40. The van der Waals surface area contributed by atoms with Crippen molar-refractivity contribution in [3.8, 4) is 5.95 Å². The van der Waals surface area contributed by atoms with E-state index in [2.05, 4.69) is 15.1 Å². The molecule has 0 spiro atoms. The predicted octanol–water partition coefficient (Wildman–Crippen LogP) is 0.525. The molecule has 2 aromatic heterocycles.